The van der Waals surface area contributed by atoms with Crippen LogP contribution in [0.1, 0.15) is 21.6 Å². The normalized spacial score (nSPS) is 10.7. The van der Waals surface area contributed by atoms with Crippen LogP contribution in [0.25, 0.3) is 10.9 Å². The fourth-order valence-corrected chi connectivity index (χ4v) is 2.76. The molecule has 1 heterocycles. The first-order chi connectivity index (χ1) is 11.5. The molecule has 0 unspecified atom stereocenters. The molecule has 0 aliphatic heterocycles. The van der Waals surface area contributed by atoms with Crippen LogP contribution in [-0.2, 0) is 0 Å². The lowest BCUT2D eigenvalue weighted by molar-refractivity contribution is 0.102. The molecule has 0 aliphatic carbocycles. The van der Waals surface area contributed by atoms with Gasteiger partial charge in [-0.25, -0.2) is 0 Å². The van der Waals surface area contributed by atoms with Crippen LogP contribution in [0.3, 0.4) is 0 Å². The minimum atomic E-state index is -0.202. The van der Waals surface area contributed by atoms with Crippen LogP contribution in [0.4, 0.5) is 5.69 Å². The van der Waals surface area contributed by atoms with E-state index in [4.69, 9.17) is 9.47 Å². The number of rotatable bonds is 4. The summed E-state index contributed by atoms with van der Waals surface area (Å²) < 4.78 is 10.6. The molecule has 0 radical (unpaired) electrons. The van der Waals surface area contributed by atoms with E-state index >= 15 is 0 Å². The predicted molar refractivity (Wildman–Crippen MR) is 95.3 cm³/mol. The van der Waals surface area contributed by atoms with Crippen molar-refractivity contribution < 1.29 is 14.3 Å². The Labute approximate surface area is 140 Å². The third-order valence-electron chi connectivity index (χ3n) is 4.10. The van der Waals surface area contributed by atoms with E-state index in [1.807, 2.05) is 50.2 Å². The average molecular weight is 324 g/mol. The number of methoxy groups -OCH3 is 2. The third-order valence-corrected chi connectivity index (χ3v) is 4.10. The van der Waals surface area contributed by atoms with Gasteiger partial charge < -0.3 is 19.8 Å². The molecular weight excluding hydrogens is 304 g/mol. The fourth-order valence-electron chi connectivity index (χ4n) is 2.76. The molecule has 2 N–H and O–H groups in total. The minimum Gasteiger partial charge on any atom is -0.497 e. The summed E-state index contributed by atoms with van der Waals surface area (Å²) in [6.07, 6.45) is 0. The Morgan fingerprint density at radius 1 is 1.04 bits per heavy atom. The molecule has 0 aliphatic rings. The highest BCUT2D eigenvalue weighted by Crippen LogP contribution is 2.29. The summed E-state index contributed by atoms with van der Waals surface area (Å²) in [5.74, 6) is 1.19. The molecule has 0 saturated carbocycles. The number of aryl methyl sites for hydroxylation is 2. The number of benzene rings is 2. The largest absolute Gasteiger partial charge is 0.497 e. The van der Waals surface area contributed by atoms with Gasteiger partial charge in [0.25, 0.3) is 5.91 Å². The minimum absolute atomic E-state index is 0.202. The van der Waals surface area contributed by atoms with E-state index in [-0.39, 0.29) is 5.91 Å². The van der Waals surface area contributed by atoms with E-state index in [1.165, 1.54) is 0 Å². The van der Waals surface area contributed by atoms with Crippen molar-refractivity contribution in [2.24, 2.45) is 0 Å². The molecule has 0 saturated heterocycles. The van der Waals surface area contributed by atoms with Gasteiger partial charge in [0.05, 0.1) is 19.9 Å². The molecule has 3 aromatic rings. The molecule has 2 aromatic carbocycles. The van der Waals surface area contributed by atoms with Crippen LogP contribution in [0.5, 0.6) is 11.5 Å². The van der Waals surface area contributed by atoms with E-state index in [2.05, 4.69) is 10.3 Å². The molecule has 5 heteroatoms. The summed E-state index contributed by atoms with van der Waals surface area (Å²) in [4.78, 5) is 15.9. The second kappa shape index (κ2) is 6.28. The van der Waals surface area contributed by atoms with Gasteiger partial charge in [-0.3, -0.25) is 4.79 Å². The topological polar surface area (TPSA) is 63.4 Å². The fraction of sp³-hybridized carbons (Fsp3) is 0.211. The quantitative estimate of drug-likeness (QED) is 0.761. The van der Waals surface area contributed by atoms with Crippen molar-refractivity contribution in [1.29, 1.82) is 0 Å². The maximum Gasteiger partial charge on any atom is 0.272 e. The molecule has 124 valence electrons. The van der Waals surface area contributed by atoms with Crippen molar-refractivity contribution in [2.45, 2.75) is 13.8 Å². The first-order valence-electron chi connectivity index (χ1n) is 7.65. The number of aromatic nitrogens is 1. The number of nitrogens with one attached hydrogen (secondary N) is 2. The van der Waals surface area contributed by atoms with Gasteiger partial charge in [0, 0.05) is 10.9 Å². The smallest absolute Gasteiger partial charge is 0.272 e. The maximum atomic E-state index is 12.7. The Bertz CT molecular complexity index is 912. The lowest BCUT2D eigenvalue weighted by Gasteiger charge is -2.10. The molecule has 0 fully saturated rings. The molecule has 0 atom stereocenters. The van der Waals surface area contributed by atoms with Crippen molar-refractivity contribution in [3.05, 3.63) is 53.2 Å². The van der Waals surface area contributed by atoms with Crippen molar-refractivity contribution in [3.8, 4) is 11.5 Å². The Balaban J connectivity index is 1.97. The Morgan fingerprint density at radius 2 is 1.83 bits per heavy atom. The highest BCUT2D eigenvalue weighted by molar-refractivity contribution is 6.08. The number of fused-ring (bicyclic) bond motifs is 1. The molecule has 1 amide bonds. The predicted octanol–water partition coefficient (Wildman–Crippen LogP) is 4.05. The monoisotopic (exact) mass is 324 g/mol. The van der Waals surface area contributed by atoms with Gasteiger partial charge in [-0.15, -0.1) is 0 Å². The molecule has 1 aromatic heterocycles. The summed E-state index contributed by atoms with van der Waals surface area (Å²) in [6.45, 7) is 3.89. The number of H-pyrrole nitrogens is 1. The van der Waals surface area contributed by atoms with Gasteiger partial charge >= 0.3 is 0 Å². The van der Waals surface area contributed by atoms with Crippen molar-refractivity contribution in [3.63, 3.8) is 0 Å². The van der Waals surface area contributed by atoms with Crippen LogP contribution in [0.2, 0.25) is 0 Å². The molecule has 3 rings (SSSR count). The summed E-state index contributed by atoms with van der Waals surface area (Å²) in [5.41, 5.74) is 4.01. The van der Waals surface area contributed by atoms with Gasteiger partial charge in [-0.1, -0.05) is 6.07 Å². The Hall–Kier alpha value is -2.95. The highest BCUT2D eigenvalue weighted by Gasteiger charge is 2.17. The van der Waals surface area contributed by atoms with Gasteiger partial charge in [-0.05, 0) is 55.3 Å². The maximum absolute atomic E-state index is 12.7. The van der Waals surface area contributed by atoms with Gasteiger partial charge in [0.2, 0.25) is 0 Å². The van der Waals surface area contributed by atoms with E-state index in [0.717, 1.165) is 27.8 Å². The standard InChI is InChI=1S/C19H20N2O3/c1-11-5-8-17(24-4)16(9-11)21-19(22)18-12(2)14-10-13(23-3)6-7-15(14)20-18/h5-10,20H,1-4H3,(H,21,22). The Morgan fingerprint density at radius 3 is 2.54 bits per heavy atom. The van der Waals surface area contributed by atoms with E-state index in [9.17, 15) is 4.79 Å². The lowest BCUT2D eigenvalue weighted by atomic mass is 10.1. The number of carbonyl (C=O) groups excluding carboxylic acids is 1. The zero-order chi connectivity index (χ0) is 17.3. The summed E-state index contributed by atoms with van der Waals surface area (Å²) in [6, 6.07) is 11.4. The van der Waals surface area contributed by atoms with Crippen LogP contribution in [-0.4, -0.2) is 25.1 Å². The summed E-state index contributed by atoms with van der Waals surface area (Å²) >= 11 is 0. The van der Waals surface area contributed by atoms with E-state index in [0.29, 0.717) is 17.1 Å². The van der Waals surface area contributed by atoms with Gasteiger partial charge in [-0.2, -0.15) is 0 Å². The highest BCUT2D eigenvalue weighted by atomic mass is 16.5. The average Bonchev–Trinajstić information content (AvgIpc) is 2.91. The number of hydrogen-bond acceptors (Lipinski definition) is 3. The lowest BCUT2D eigenvalue weighted by Crippen LogP contribution is -2.14. The Kier molecular flexibility index (Phi) is 4.16. The van der Waals surface area contributed by atoms with Crippen molar-refractivity contribution >= 4 is 22.5 Å². The van der Waals surface area contributed by atoms with Crippen molar-refractivity contribution in [2.75, 3.05) is 19.5 Å². The number of hydrogen-bond donors (Lipinski definition) is 2. The number of amides is 1. The second-order valence-corrected chi connectivity index (χ2v) is 5.69. The molecule has 24 heavy (non-hydrogen) atoms. The first kappa shape index (κ1) is 15.9. The number of anilines is 1. The van der Waals surface area contributed by atoms with E-state index in [1.54, 1.807) is 14.2 Å². The van der Waals surface area contributed by atoms with Gasteiger partial charge in [0.1, 0.15) is 17.2 Å². The first-order valence-corrected chi connectivity index (χ1v) is 7.65. The van der Waals surface area contributed by atoms with Crippen LogP contribution < -0.4 is 14.8 Å². The molecule has 0 bridgehead atoms. The molecular formula is C19H20N2O3. The van der Waals surface area contributed by atoms with Crippen LogP contribution in [0, 0.1) is 13.8 Å². The van der Waals surface area contributed by atoms with Crippen LogP contribution in [0.15, 0.2) is 36.4 Å². The number of ether oxygens (including phenoxy) is 2. The summed E-state index contributed by atoms with van der Waals surface area (Å²) in [7, 11) is 3.21. The zero-order valence-corrected chi connectivity index (χ0v) is 14.2. The third kappa shape index (κ3) is 2.80. The second-order valence-electron chi connectivity index (χ2n) is 5.69. The van der Waals surface area contributed by atoms with E-state index < -0.39 is 0 Å². The molecule has 5 nitrogen and oxygen atoms in total. The summed E-state index contributed by atoms with van der Waals surface area (Å²) in [5, 5.41) is 3.89. The number of aromatic amines is 1. The van der Waals surface area contributed by atoms with Crippen LogP contribution >= 0.6 is 0 Å². The van der Waals surface area contributed by atoms with Gasteiger partial charge in [0.15, 0.2) is 0 Å². The molecule has 0 spiro atoms. The SMILES string of the molecule is COc1ccc2[nH]c(C(=O)Nc3cc(C)ccc3OC)c(C)c2c1. The number of carbonyl (C=O) groups is 1. The van der Waals surface area contributed by atoms with Crippen molar-refractivity contribution in [1.82, 2.24) is 4.98 Å². The zero-order valence-electron chi connectivity index (χ0n) is 14.2.